The van der Waals surface area contributed by atoms with Crippen LogP contribution in [-0.4, -0.2) is 25.5 Å². The van der Waals surface area contributed by atoms with Crippen LogP contribution >= 0.6 is 0 Å². The van der Waals surface area contributed by atoms with Crippen molar-refractivity contribution in [3.63, 3.8) is 0 Å². The van der Waals surface area contributed by atoms with Gasteiger partial charge in [-0.1, -0.05) is 19.3 Å². The molecular formula is C17H16N6O5. The van der Waals surface area contributed by atoms with Crippen LogP contribution in [0.2, 0.25) is 0 Å². The fourth-order valence-electron chi connectivity index (χ4n) is 3.27. The normalized spacial score (nSPS) is 14.2. The summed E-state index contributed by atoms with van der Waals surface area (Å²) in [5, 5.41) is 38.3. The van der Waals surface area contributed by atoms with Crippen molar-refractivity contribution in [1.82, 2.24) is 9.78 Å². The van der Waals surface area contributed by atoms with Crippen molar-refractivity contribution >= 4 is 23.1 Å². The summed E-state index contributed by atoms with van der Waals surface area (Å²) in [4.78, 5) is 33.4. The first-order valence-corrected chi connectivity index (χ1v) is 8.64. The van der Waals surface area contributed by atoms with Crippen LogP contribution in [0.3, 0.4) is 0 Å². The minimum atomic E-state index is -0.775. The Hall–Kier alpha value is -3.81. The molecule has 3 rings (SSSR count). The standard InChI is InChI=1S/C17H16N6O5/c18-9-12-10-19-21(16(12)20-17(24)11-4-2-1-3-5-11)14-7-6-13(22(25)26)8-15(14)23(27)28/h6-8,10-11H,1-5H2,(H,20,24). The Balaban J connectivity index is 2.03. The van der Waals surface area contributed by atoms with Gasteiger partial charge in [-0.25, -0.2) is 4.68 Å². The largest absolute Gasteiger partial charge is 0.309 e. The van der Waals surface area contributed by atoms with E-state index >= 15 is 0 Å². The zero-order chi connectivity index (χ0) is 20.3. The zero-order valence-corrected chi connectivity index (χ0v) is 14.7. The van der Waals surface area contributed by atoms with E-state index in [4.69, 9.17) is 0 Å². The fourth-order valence-corrected chi connectivity index (χ4v) is 3.27. The van der Waals surface area contributed by atoms with Gasteiger partial charge < -0.3 is 5.32 Å². The summed E-state index contributed by atoms with van der Waals surface area (Å²) in [6, 6.07) is 4.98. The maximum atomic E-state index is 12.6. The molecule has 1 fully saturated rings. The number of hydrogen-bond donors (Lipinski definition) is 1. The lowest BCUT2D eigenvalue weighted by Gasteiger charge is -2.21. The van der Waals surface area contributed by atoms with E-state index in [2.05, 4.69) is 10.4 Å². The van der Waals surface area contributed by atoms with Crippen LogP contribution in [0.5, 0.6) is 0 Å². The summed E-state index contributed by atoms with van der Waals surface area (Å²) < 4.78 is 1.06. The number of nitrogens with one attached hydrogen (secondary N) is 1. The van der Waals surface area contributed by atoms with Crippen LogP contribution in [0, 0.1) is 37.5 Å². The van der Waals surface area contributed by atoms with Gasteiger partial charge in [0, 0.05) is 12.0 Å². The number of amides is 1. The Labute approximate surface area is 158 Å². The molecule has 11 heteroatoms. The molecule has 1 aliphatic carbocycles. The Kier molecular flexibility index (Phi) is 5.30. The number of rotatable bonds is 5. The molecule has 1 aromatic heterocycles. The van der Waals surface area contributed by atoms with Crippen LogP contribution < -0.4 is 5.32 Å². The van der Waals surface area contributed by atoms with E-state index < -0.39 is 21.2 Å². The van der Waals surface area contributed by atoms with Gasteiger partial charge in [-0.3, -0.25) is 25.0 Å². The van der Waals surface area contributed by atoms with E-state index in [1.807, 2.05) is 6.07 Å². The van der Waals surface area contributed by atoms with E-state index in [0.717, 1.165) is 48.9 Å². The van der Waals surface area contributed by atoms with Gasteiger partial charge in [0.2, 0.25) is 5.91 Å². The number of nitro benzene ring substituents is 2. The van der Waals surface area contributed by atoms with Crippen molar-refractivity contribution in [2.45, 2.75) is 32.1 Å². The Bertz CT molecular complexity index is 986. The lowest BCUT2D eigenvalue weighted by atomic mass is 9.88. The number of aromatic nitrogens is 2. The van der Waals surface area contributed by atoms with Gasteiger partial charge >= 0.3 is 5.69 Å². The number of carbonyl (C=O) groups is 1. The fraction of sp³-hybridized carbons (Fsp3) is 0.353. The van der Waals surface area contributed by atoms with Crippen molar-refractivity contribution in [3.05, 3.63) is 50.2 Å². The van der Waals surface area contributed by atoms with E-state index in [9.17, 15) is 30.3 Å². The molecule has 1 aliphatic rings. The number of hydrogen-bond acceptors (Lipinski definition) is 7. The highest BCUT2D eigenvalue weighted by molar-refractivity contribution is 5.93. The van der Waals surface area contributed by atoms with Gasteiger partial charge in [0.05, 0.1) is 22.1 Å². The van der Waals surface area contributed by atoms with Crippen molar-refractivity contribution in [1.29, 1.82) is 5.26 Å². The molecular weight excluding hydrogens is 368 g/mol. The van der Waals surface area contributed by atoms with Crippen LogP contribution in [0.15, 0.2) is 24.4 Å². The predicted octanol–water partition coefficient (Wildman–Crippen LogP) is 3.08. The number of carbonyl (C=O) groups excluding carboxylic acids is 1. The van der Waals surface area contributed by atoms with Crippen LogP contribution in [-0.2, 0) is 4.79 Å². The molecule has 1 N–H and O–H groups in total. The van der Waals surface area contributed by atoms with E-state index in [-0.39, 0.29) is 28.9 Å². The first-order valence-electron chi connectivity index (χ1n) is 8.64. The molecule has 2 aromatic rings. The minimum absolute atomic E-state index is 0.00928. The average molecular weight is 384 g/mol. The zero-order valence-electron chi connectivity index (χ0n) is 14.7. The summed E-state index contributed by atoms with van der Waals surface area (Å²) in [6.07, 6.45) is 5.60. The number of non-ortho nitro benzene ring substituents is 1. The molecule has 1 heterocycles. The Morgan fingerprint density at radius 2 is 1.93 bits per heavy atom. The summed E-state index contributed by atoms with van der Waals surface area (Å²) in [7, 11) is 0. The van der Waals surface area contributed by atoms with Gasteiger partial charge in [-0.2, -0.15) is 10.4 Å². The third-order valence-corrected chi connectivity index (χ3v) is 4.70. The molecule has 1 aromatic carbocycles. The molecule has 11 nitrogen and oxygen atoms in total. The average Bonchev–Trinajstić information content (AvgIpc) is 3.10. The summed E-state index contributed by atoms with van der Waals surface area (Å²) in [5.41, 5.74) is -1.06. The van der Waals surface area contributed by atoms with Gasteiger partial charge in [-0.15, -0.1) is 0 Å². The molecule has 0 saturated heterocycles. The molecule has 28 heavy (non-hydrogen) atoms. The van der Waals surface area contributed by atoms with Gasteiger partial charge in [0.25, 0.3) is 5.69 Å². The second-order valence-corrected chi connectivity index (χ2v) is 6.44. The molecule has 0 bridgehead atoms. The molecule has 1 saturated carbocycles. The van der Waals surface area contributed by atoms with Crippen molar-refractivity contribution < 1.29 is 14.6 Å². The molecule has 1 amide bonds. The molecule has 0 spiro atoms. The van der Waals surface area contributed by atoms with E-state index in [1.165, 1.54) is 12.3 Å². The summed E-state index contributed by atoms with van der Waals surface area (Å²) in [5.74, 6) is -0.465. The molecule has 144 valence electrons. The number of anilines is 1. The Morgan fingerprint density at radius 3 is 2.54 bits per heavy atom. The molecule has 0 radical (unpaired) electrons. The highest BCUT2D eigenvalue weighted by atomic mass is 16.6. The SMILES string of the molecule is N#Cc1cnn(-c2ccc([N+](=O)[O-])cc2[N+](=O)[O-])c1NC(=O)C1CCCCC1. The molecule has 0 unspecified atom stereocenters. The second kappa shape index (κ2) is 7.83. The lowest BCUT2D eigenvalue weighted by molar-refractivity contribution is -0.394. The number of nitriles is 1. The highest BCUT2D eigenvalue weighted by Crippen LogP contribution is 2.31. The monoisotopic (exact) mass is 384 g/mol. The van der Waals surface area contributed by atoms with Crippen molar-refractivity contribution in [3.8, 4) is 11.8 Å². The topological polar surface area (TPSA) is 157 Å². The lowest BCUT2D eigenvalue weighted by Crippen LogP contribution is -2.26. The third kappa shape index (κ3) is 3.66. The van der Waals surface area contributed by atoms with Crippen LogP contribution in [0.25, 0.3) is 5.69 Å². The van der Waals surface area contributed by atoms with Crippen molar-refractivity contribution in [2.75, 3.05) is 5.32 Å². The summed E-state index contributed by atoms with van der Waals surface area (Å²) >= 11 is 0. The van der Waals surface area contributed by atoms with Gasteiger partial charge in [0.1, 0.15) is 17.3 Å². The first-order chi connectivity index (χ1) is 13.4. The molecule has 0 atom stereocenters. The van der Waals surface area contributed by atoms with E-state index in [0.29, 0.717) is 0 Å². The maximum absolute atomic E-state index is 12.6. The number of nitrogens with zero attached hydrogens (tertiary/aromatic N) is 5. The molecule has 0 aliphatic heterocycles. The van der Waals surface area contributed by atoms with Crippen LogP contribution in [0.4, 0.5) is 17.2 Å². The number of nitro groups is 2. The first kappa shape index (κ1) is 19.0. The maximum Gasteiger partial charge on any atom is 0.301 e. The quantitative estimate of drug-likeness (QED) is 0.613. The Morgan fingerprint density at radius 1 is 1.21 bits per heavy atom. The smallest absolute Gasteiger partial charge is 0.301 e. The van der Waals surface area contributed by atoms with Crippen molar-refractivity contribution in [2.24, 2.45) is 5.92 Å². The summed E-state index contributed by atoms with van der Waals surface area (Å²) in [6.45, 7) is 0. The van der Waals surface area contributed by atoms with Gasteiger partial charge in [0.15, 0.2) is 5.82 Å². The highest BCUT2D eigenvalue weighted by Gasteiger charge is 2.27. The minimum Gasteiger partial charge on any atom is -0.309 e. The number of benzene rings is 1. The predicted molar refractivity (Wildman–Crippen MR) is 96.8 cm³/mol. The second-order valence-electron chi connectivity index (χ2n) is 6.44. The third-order valence-electron chi connectivity index (χ3n) is 4.70. The van der Waals surface area contributed by atoms with Gasteiger partial charge in [-0.05, 0) is 18.9 Å². The van der Waals surface area contributed by atoms with E-state index in [1.54, 1.807) is 0 Å². The van der Waals surface area contributed by atoms with Crippen LogP contribution in [0.1, 0.15) is 37.7 Å².